The molecule has 0 saturated carbocycles. The SMILES string of the molecule is CCN(CC)C(=O)c1cncc(Nc2ccc(N3CCCC3)cc2)c1. The number of hydrogen-bond donors (Lipinski definition) is 1. The molecule has 0 aliphatic carbocycles. The highest BCUT2D eigenvalue weighted by molar-refractivity contribution is 5.94. The molecule has 1 aliphatic heterocycles. The van der Waals surface area contributed by atoms with E-state index >= 15 is 0 Å². The molecule has 3 rings (SSSR count). The van der Waals surface area contributed by atoms with Gasteiger partial charge in [-0.15, -0.1) is 0 Å². The second kappa shape index (κ2) is 8.01. The van der Waals surface area contributed by atoms with E-state index in [-0.39, 0.29) is 5.91 Å². The van der Waals surface area contributed by atoms with E-state index in [1.807, 2.05) is 19.9 Å². The maximum absolute atomic E-state index is 12.5. The summed E-state index contributed by atoms with van der Waals surface area (Å²) in [5, 5.41) is 3.34. The van der Waals surface area contributed by atoms with Crippen LogP contribution in [0, 0.1) is 0 Å². The molecule has 1 amide bonds. The van der Waals surface area contributed by atoms with Crippen molar-refractivity contribution in [3.05, 3.63) is 48.3 Å². The number of carbonyl (C=O) groups is 1. The van der Waals surface area contributed by atoms with Crippen LogP contribution in [0.1, 0.15) is 37.0 Å². The standard InChI is InChI=1S/C20H26N4O/c1-3-23(4-2)20(25)16-13-18(15-21-14-16)22-17-7-9-19(10-8-17)24-11-5-6-12-24/h7-10,13-15,22H,3-6,11-12H2,1-2H3. The zero-order valence-electron chi connectivity index (χ0n) is 15.0. The Balaban J connectivity index is 1.70. The fraction of sp³-hybridized carbons (Fsp3) is 0.400. The lowest BCUT2D eigenvalue weighted by atomic mass is 10.2. The lowest BCUT2D eigenvalue weighted by Gasteiger charge is -2.19. The van der Waals surface area contributed by atoms with E-state index in [9.17, 15) is 4.79 Å². The zero-order valence-corrected chi connectivity index (χ0v) is 15.0. The Hall–Kier alpha value is -2.56. The average Bonchev–Trinajstić information content (AvgIpc) is 3.18. The van der Waals surface area contributed by atoms with Crippen LogP contribution in [0.4, 0.5) is 17.1 Å². The van der Waals surface area contributed by atoms with E-state index in [4.69, 9.17) is 0 Å². The Morgan fingerprint density at radius 3 is 2.40 bits per heavy atom. The quantitative estimate of drug-likeness (QED) is 0.867. The first-order chi connectivity index (χ1) is 12.2. The minimum atomic E-state index is 0.0190. The van der Waals surface area contributed by atoms with E-state index in [2.05, 4.69) is 39.5 Å². The van der Waals surface area contributed by atoms with Crippen molar-refractivity contribution >= 4 is 23.0 Å². The molecule has 1 N–H and O–H groups in total. The molecule has 5 nitrogen and oxygen atoms in total. The molecule has 1 aromatic carbocycles. The molecular weight excluding hydrogens is 312 g/mol. The molecule has 5 heteroatoms. The molecule has 2 heterocycles. The van der Waals surface area contributed by atoms with E-state index in [0.29, 0.717) is 18.7 Å². The predicted molar refractivity (Wildman–Crippen MR) is 103 cm³/mol. The van der Waals surface area contributed by atoms with Gasteiger partial charge < -0.3 is 15.1 Å². The first-order valence-corrected chi connectivity index (χ1v) is 9.07. The minimum absolute atomic E-state index is 0.0190. The zero-order chi connectivity index (χ0) is 17.6. The number of benzene rings is 1. The molecule has 0 unspecified atom stereocenters. The summed E-state index contributed by atoms with van der Waals surface area (Å²) in [6.45, 7) is 7.66. The van der Waals surface area contributed by atoms with E-state index in [1.165, 1.54) is 18.5 Å². The Labute approximate surface area is 149 Å². The lowest BCUT2D eigenvalue weighted by Crippen LogP contribution is -2.30. The van der Waals surface area contributed by atoms with Gasteiger partial charge in [0, 0.05) is 43.8 Å². The number of carbonyl (C=O) groups excluding carboxylic acids is 1. The van der Waals surface area contributed by atoms with Crippen LogP contribution in [0.25, 0.3) is 0 Å². The first-order valence-electron chi connectivity index (χ1n) is 9.07. The number of hydrogen-bond acceptors (Lipinski definition) is 4. The fourth-order valence-corrected chi connectivity index (χ4v) is 3.22. The molecule has 0 bridgehead atoms. The number of nitrogens with zero attached hydrogens (tertiary/aromatic N) is 3. The van der Waals surface area contributed by atoms with Crippen molar-refractivity contribution in [2.45, 2.75) is 26.7 Å². The highest BCUT2D eigenvalue weighted by Crippen LogP contribution is 2.24. The molecule has 1 fully saturated rings. The Bertz CT molecular complexity index is 704. The summed E-state index contributed by atoms with van der Waals surface area (Å²) in [7, 11) is 0. The number of anilines is 3. The highest BCUT2D eigenvalue weighted by atomic mass is 16.2. The second-order valence-corrected chi connectivity index (χ2v) is 6.31. The van der Waals surface area contributed by atoms with Gasteiger partial charge >= 0.3 is 0 Å². The monoisotopic (exact) mass is 338 g/mol. The van der Waals surface area contributed by atoms with Crippen molar-refractivity contribution in [2.24, 2.45) is 0 Å². The molecular formula is C20H26N4O. The van der Waals surface area contributed by atoms with Crippen LogP contribution in [0.5, 0.6) is 0 Å². The van der Waals surface area contributed by atoms with Crippen LogP contribution >= 0.6 is 0 Å². The van der Waals surface area contributed by atoms with Crippen LogP contribution in [-0.4, -0.2) is 42.0 Å². The fourth-order valence-electron chi connectivity index (χ4n) is 3.22. The Morgan fingerprint density at radius 2 is 1.76 bits per heavy atom. The third kappa shape index (κ3) is 4.10. The van der Waals surface area contributed by atoms with Crippen LogP contribution < -0.4 is 10.2 Å². The molecule has 2 aromatic rings. The van der Waals surface area contributed by atoms with Gasteiger partial charge in [0.1, 0.15) is 0 Å². The van der Waals surface area contributed by atoms with Gasteiger partial charge in [-0.3, -0.25) is 9.78 Å². The van der Waals surface area contributed by atoms with Crippen molar-refractivity contribution in [3.63, 3.8) is 0 Å². The van der Waals surface area contributed by atoms with Crippen LogP contribution in [0.2, 0.25) is 0 Å². The molecule has 0 atom stereocenters. The number of nitrogens with one attached hydrogen (secondary N) is 1. The average molecular weight is 338 g/mol. The van der Waals surface area contributed by atoms with Crippen molar-refractivity contribution < 1.29 is 4.79 Å². The van der Waals surface area contributed by atoms with Crippen molar-refractivity contribution in [1.29, 1.82) is 0 Å². The van der Waals surface area contributed by atoms with Gasteiger partial charge in [0.2, 0.25) is 0 Å². The summed E-state index contributed by atoms with van der Waals surface area (Å²) in [6.07, 6.45) is 5.92. The maximum atomic E-state index is 12.5. The van der Waals surface area contributed by atoms with E-state index in [1.54, 1.807) is 17.3 Å². The van der Waals surface area contributed by atoms with Crippen molar-refractivity contribution in [3.8, 4) is 0 Å². The summed E-state index contributed by atoms with van der Waals surface area (Å²) in [5.74, 6) is 0.0190. The predicted octanol–water partition coefficient (Wildman–Crippen LogP) is 3.91. The van der Waals surface area contributed by atoms with Gasteiger partial charge in [-0.1, -0.05) is 0 Å². The van der Waals surface area contributed by atoms with Crippen molar-refractivity contribution in [2.75, 3.05) is 36.4 Å². The number of rotatable bonds is 6. The topological polar surface area (TPSA) is 48.5 Å². The number of amides is 1. The first kappa shape index (κ1) is 17.3. The van der Waals surface area contributed by atoms with Gasteiger partial charge in [0.15, 0.2) is 0 Å². The third-order valence-corrected chi connectivity index (χ3v) is 4.66. The number of aromatic nitrogens is 1. The van der Waals surface area contributed by atoms with Gasteiger partial charge in [-0.05, 0) is 57.0 Å². The van der Waals surface area contributed by atoms with Gasteiger partial charge in [0.05, 0.1) is 17.4 Å². The summed E-state index contributed by atoms with van der Waals surface area (Å²) >= 11 is 0. The van der Waals surface area contributed by atoms with E-state index in [0.717, 1.165) is 24.5 Å². The van der Waals surface area contributed by atoms with E-state index < -0.39 is 0 Å². The van der Waals surface area contributed by atoms with Crippen molar-refractivity contribution in [1.82, 2.24) is 9.88 Å². The van der Waals surface area contributed by atoms with Crippen LogP contribution in [-0.2, 0) is 0 Å². The van der Waals surface area contributed by atoms with Gasteiger partial charge in [-0.25, -0.2) is 0 Å². The highest BCUT2D eigenvalue weighted by Gasteiger charge is 2.14. The molecule has 1 saturated heterocycles. The molecule has 1 aromatic heterocycles. The smallest absolute Gasteiger partial charge is 0.255 e. The Kier molecular flexibility index (Phi) is 5.53. The van der Waals surface area contributed by atoms with Crippen LogP contribution in [0.15, 0.2) is 42.7 Å². The molecule has 1 aliphatic rings. The molecule has 0 spiro atoms. The second-order valence-electron chi connectivity index (χ2n) is 6.31. The third-order valence-electron chi connectivity index (χ3n) is 4.66. The summed E-state index contributed by atoms with van der Waals surface area (Å²) in [5.41, 5.74) is 3.71. The summed E-state index contributed by atoms with van der Waals surface area (Å²) < 4.78 is 0. The normalized spacial score (nSPS) is 13.8. The van der Waals surface area contributed by atoms with Crippen LogP contribution in [0.3, 0.4) is 0 Å². The molecule has 25 heavy (non-hydrogen) atoms. The summed E-state index contributed by atoms with van der Waals surface area (Å²) in [4.78, 5) is 20.9. The lowest BCUT2D eigenvalue weighted by molar-refractivity contribution is 0.0772. The van der Waals surface area contributed by atoms with Gasteiger partial charge in [-0.2, -0.15) is 0 Å². The van der Waals surface area contributed by atoms with Gasteiger partial charge in [0.25, 0.3) is 5.91 Å². The largest absolute Gasteiger partial charge is 0.372 e. The summed E-state index contributed by atoms with van der Waals surface area (Å²) in [6, 6.07) is 10.3. The molecule has 132 valence electrons. The Morgan fingerprint density at radius 1 is 1.08 bits per heavy atom. The minimum Gasteiger partial charge on any atom is -0.372 e. The molecule has 0 radical (unpaired) electrons. The number of pyridine rings is 1. The maximum Gasteiger partial charge on any atom is 0.255 e.